The maximum atomic E-state index is 4.27. The summed E-state index contributed by atoms with van der Waals surface area (Å²) in [4.78, 5) is 4.27. The quantitative estimate of drug-likeness (QED) is 0.436. The largest absolute Gasteiger partial charge is 0.269 e. The summed E-state index contributed by atoms with van der Waals surface area (Å²) in [6.07, 6.45) is 0. The molecule has 0 atom stereocenters. The van der Waals surface area contributed by atoms with Gasteiger partial charge in [-0.25, -0.2) is 0 Å². The minimum Gasteiger partial charge on any atom is -0.269 e. The SMILES string of the molecule is Bc1nc(C)ccc1C. The second-order valence-electron chi connectivity index (χ2n) is 2.35. The second kappa shape index (κ2) is 2.22. The third-order valence-corrected chi connectivity index (χ3v) is 1.49. The molecule has 1 nitrogen and oxygen atoms in total. The number of aromatic nitrogens is 1. The van der Waals surface area contributed by atoms with Crippen LogP contribution in [0, 0.1) is 13.8 Å². The van der Waals surface area contributed by atoms with E-state index in [1.54, 1.807) is 0 Å². The number of hydrogen-bond acceptors (Lipinski definition) is 1. The Bertz CT molecular complexity index is 220. The maximum Gasteiger partial charge on any atom is 0.164 e. The van der Waals surface area contributed by atoms with Gasteiger partial charge in [0, 0.05) is 5.69 Å². The van der Waals surface area contributed by atoms with Crippen molar-refractivity contribution in [1.29, 1.82) is 0 Å². The summed E-state index contributed by atoms with van der Waals surface area (Å²) in [6, 6.07) is 4.12. The van der Waals surface area contributed by atoms with Gasteiger partial charge in [-0.3, -0.25) is 4.98 Å². The highest BCUT2D eigenvalue weighted by Crippen LogP contribution is 1.91. The van der Waals surface area contributed by atoms with E-state index in [-0.39, 0.29) is 0 Å². The van der Waals surface area contributed by atoms with E-state index >= 15 is 0 Å². The van der Waals surface area contributed by atoms with Gasteiger partial charge in [0.25, 0.3) is 0 Å². The molecule has 2 heteroatoms. The van der Waals surface area contributed by atoms with E-state index in [0.29, 0.717) is 0 Å². The lowest BCUT2D eigenvalue weighted by Gasteiger charge is -1.97. The highest BCUT2D eigenvalue weighted by Gasteiger charge is 1.90. The van der Waals surface area contributed by atoms with Crippen molar-refractivity contribution in [3.8, 4) is 0 Å². The number of aryl methyl sites for hydroxylation is 2. The second-order valence-corrected chi connectivity index (χ2v) is 2.35. The zero-order valence-electron chi connectivity index (χ0n) is 6.10. The molecular weight excluding hydrogens is 109 g/mol. The van der Waals surface area contributed by atoms with Crippen LogP contribution >= 0.6 is 0 Å². The monoisotopic (exact) mass is 119 g/mol. The van der Waals surface area contributed by atoms with Gasteiger partial charge < -0.3 is 0 Å². The van der Waals surface area contributed by atoms with Crippen LogP contribution in [0.15, 0.2) is 12.1 Å². The molecule has 0 aliphatic rings. The Morgan fingerprint density at radius 2 is 2.00 bits per heavy atom. The van der Waals surface area contributed by atoms with E-state index in [2.05, 4.69) is 18.0 Å². The third kappa shape index (κ3) is 1.32. The maximum absolute atomic E-state index is 4.27. The van der Waals surface area contributed by atoms with Crippen molar-refractivity contribution in [2.45, 2.75) is 13.8 Å². The van der Waals surface area contributed by atoms with Gasteiger partial charge in [-0.05, 0) is 31.1 Å². The Balaban J connectivity index is 3.17. The van der Waals surface area contributed by atoms with Crippen molar-refractivity contribution >= 4 is 13.4 Å². The number of rotatable bonds is 0. The molecule has 0 aromatic carbocycles. The molecule has 1 aromatic heterocycles. The van der Waals surface area contributed by atoms with Crippen molar-refractivity contribution < 1.29 is 0 Å². The topological polar surface area (TPSA) is 12.9 Å². The normalized spacial score (nSPS) is 9.56. The van der Waals surface area contributed by atoms with E-state index in [1.807, 2.05) is 20.8 Å². The van der Waals surface area contributed by atoms with Crippen LogP contribution in [0.5, 0.6) is 0 Å². The Hall–Kier alpha value is -0.785. The van der Waals surface area contributed by atoms with Crippen molar-refractivity contribution in [2.24, 2.45) is 0 Å². The first-order valence-electron chi connectivity index (χ1n) is 3.11. The van der Waals surface area contributed by atoms with Gasteiger partial charge >= 0.3 is 0 Å². The van der Waals surface area contributed by atoms with Crippen LogP contribution in [0.2, 0.25) is 0 Å². The van der Waals surface area contributed by atoms with E-state index < -0.39 is 0 Å². The Labute approximate surface area is 56.5 Å². The lowest BCUT2D eigenvalue weighted by Crippen LogP contribution is -2.12. The molecule has 0 fully saturated rings. The molecule has 1 heterocycles. The Morgan fingerprint density at radius 1 is 1.33 bits per heavy atom. The fraction of sp³-hybridized carbons (Fsp3) is 0.286. The Kier molecular flexibility index (Phi) is 1.56. The highest BCUT2D eigenvalue weighted by molar-refractivity contribution is 6.31. The average molecular weight is 119 g/mol. The fourth-order valence-corrected chi connectivity index (χ4v) is 0.756. The van der Waals surface area contributed by atoms with Crippen molar-refractivity contribution in [2.75, 3.05) is 0 Å². The zero-order chi connectivity index (χ0) is 6.85. The molecule has 0 N–H and O–H groups in total. The molecule has 0 saturated heterocycles. The van der Waals surface area contributed by atoms with Crippen LogP contribution in [-0.2, 0) is 0 Å². The molecule has 0 unspecified atom stereocenters. The molecule has 0 bridgehead atoms. The van der Waals surface area contributed by atoms with Crippen LogP contribution in [0.1, 0.15) is 11.3 Å². The fourth-order valence-electron chi connectivity index (χ4n) is 0.756. The molecule has 0 aliphatic heterocycles. The van der Waals surface area contributed by atoms with E-state index in [0.717, 1.165) is 11.3 Å². The number of nitrogens with zero attached hydrogens (tertiary/aromatic N) is 1. The number of pyridine rings is 1. The smallest absolute Gasteiger partial charge is 0.164 e. The minimum absolute atomic E-state index is 1.10. The molecule has 9 heavy (non-hydrogen) atoms. The zero-order valence-corrected chi connectivity index (χ0v) is 6.10. The highest BCUT2D eigenvalue weighted by atomic mass is 14.7. The van der Waals surface area contributed by atoms with Gasteiger partial charge in [-0.1, -0.05) is 6.07 Å². The van der Waals surface area contributed by atoms with Crippen molar-refractivity contribution in [3.63, 3.8) is 0 Å². The lowest BCUT2D eigenvalue weighted by atomic mass is 9.98. The van der Waals surface area contributed by atoms with Crippen LogP contribution < -0.4 is 5.59 Å². The molecule has 0 radical (unpaired) electrons. The molecule has 1 aromatic rings. The molecule has 46 valence electrons. The summed E-state index contributed by atoms with van der Waals surface area (Å²) in [7, 11) is 2.03. The first-order chi connectivity index (χ1) is 4.20. The van der Waals surface area contributed by atoms with E-state index in [1.165, 1.54) is 5.56 Å². The predicted octanol–water partition coefficient (Wildman–Crippen LogP) is -0.0432. The van der Waals surface area contributed by atoms with E-state index in [9.17, 15) is 0 Å². The molecule has 0 amide bonds. The Morgan fingerprint density at radius 3 is 2.44 bits per heavy atom. The van der Waals surface area contributed by atoms with Gasteiger partial charge in [0.05, 0.1) is 0 Å². The number of hydrogen-bond donors (Lipinski definition) is 0. The summed E-state index contributed by atoms with van der Waals surface area (Å²) in [5.41, 5.74) is 3.49. The summed E-state index contributed by atoms with van der Waals surface area (Å²) >= 11 is 0. The van der Waals surface area contributed by atoms with Gasteiger partial charge in [0.15, 0.2) is 7.85 Å². The molecule has 0 saturated carbocycles. The van der Waals surface area contributed by atoms with Gasteiger partial charge in [0.1, 0.15) is 0 Å². The van der Waals surface area contributed by atoms with Gasteiger partial charge in [0.2, 0.25) is 0 Å². The summed E-state index contributed by atoms with van der Waals surface area (Å²) in [5.74, 6) is 0. The van der Waals surface area contributed by atoms with Crippen LogP contribution in [-0.4, -0.2) is 12.8 Å². The van der Waals surface area contributed by atoms with E-state index in [4.69, 9.17) is 0 Å². The molecule has 0 spiro atoms. The van der Waals surface area contributed by atoms with Crippen molar-refractivity contribution in [1.82, 2.24) is 4.98 Å². The van der Waals surface area contributed by atoms with Crippen LogP contribution in [0.3, 0.4) is 0 Å². The summed E-state index contributed by atoms with van der Waals surface area (Å²) in [6.45, 7) is 4.08. The van der Waals surface area contributed by atoms with Crippen LogP contribution in [0.4, 0.5) is 0 Å². The molecule has 1 rings (SSSR count). The first kappa shape index (κ1) is 6.34. The van der Waals surface area contributed by atoms with Gasteiger partial charge in [-0.15, -0.1) is 0 Å². The average Bonchev–Trinajstić information content (AvgIpc) is 1.80. The van der Waals surface area contributed by atoms with Crippen LogP contribution in [0.25, 0.3) is 0 Å². The molecular formula is C7H10BN. The third-order valence-electron chi connectivity index (χ3n) is 1.49. The molecule has 0 aliphatic carbocycles. The standard InChI is InChI=1S/C7H10BN/c1-5-3-4-6(2)9-7(5)8/h3-4H,8H2,1-2H3. The summed E-state index contributed by atoms with van der Waals surface area (Å²) in [5, 5.41) is 0. The van der Waals surface area contributed by atoms with Crippen molar-refractivity contribution in [3.05, 3.63) is 23.4 Å². The predicted molar refractivity (Wildman–Crippen MR) is 41.9 cm³/mol. The minimum atomic E-state index is 1.10. The summed E-state index contributed by atoms with van der Waals surface area (Å²) < 4.78 is 0. The first-order valence-corrected chi connectivity index (χ1v) is 3.11. The van der Waals surface area contributed by atoms with Gasteiger partial charge in [-0.2, -0.15) is 0 Å². The lowest BCUT2D eigenvalue weighted by molar-refractivity contribution is 1.21.